The van der Waals surface area contributed by atoms with Crippen LogP contribution in [-0.4, -0.2) is 25.3 Å². The standard InChI is InChI=1S/C15H31NO/c1-7-9-11-17-12-10-15(6,8-2)13-16-14(3,4)5/h8,16H,2,7,9-13H2,1,3-6H3. The van der Waals surface area contributed by atoms with Crippen molar-refractivity contribution in [2.45, 2.75) is 59.4 Å². The zero-order valence-corrected chi connectivity index (χ0v) is 12.4. The van der Waals surface area contributed by atoms with Gasteiger partial charge in [-0.1, -0.05) is 26.3 Å². The molecule has 102 valence electrons. The van der Waals surface area contributed by atoms with Gasteiger partial charge in [-0.15, -0.1) is 6.58 Å². The van der Waals surface area contributed by atoms with Gasteiger partial charge in [0.15, 0.2) is 0 Å². The number of hydrogen-bond donors (Lipinski definition) is 1. The van der Waals surface area contributed by atoms with Gasteiger partial charge in [0, 0.05) is 25.3 Å². The van der Waals surface area contributed by atoms with E-state index in [1.807, 2.05) is 0 Å². The first-order chi connectivity index (χ1) is 7.83. The van der Waals surface area contributed by atoms with Crippen LogP contribution in [0.2, 0.25) is 0 Å². The molecule has 0 aliphatic rings. The Balaban J connectivity index is 3.89. The van der Waals surface area contributed by atoms with E-state index in [1.54, 1.807) is 0 Å². The largest absolute Gasteiger partial charge is 0.381 e. The molecule has 0 rings (SSSR count). The summed E-state index contributed by atoms with van der Waals surface area (Å²) in [4.78, 5) is 0. The van der Waals surface area contributed by atoms with Gasteiger partial charge in [-0.3, -0.25) is 0 Å². The van der Waals surface area contributed by atoms with Gasteiger partial charge in [0.25, 0.3) is 0 Å². The summed E-state index contributed by atoms with van der Waals surface area (Å²) in [7, 11) is 0. The van der Waals surface area contributed by atoms with Gasteiger partial charge >= 0.3 is 0 Å². The average Bonchev–Trinajstić information content (AvgIpc) is 2.25. The number of nitrogens with one attached hydrogen (secondary N) is 1. The van der Waals surface area contributed by atoms with Crippen molar-refractivity contribution >= 4 is 0 Å². The first kappa shape index (κ1) is 16.7. The van der Waals surface area contributed by atoms with Crippen molar-refractivity contribution in [3.63, 3.8) is 0 Å². The van der Waals surface area contributed by atoms with Crippen molar-refractivity contribution in [3.05, 3.63) is 12.7 Å². The zero-order valence-electron chi connectivity index (χ0n) is 12.4. The highest BCUT2D eigenvalue weighted by molar-refractivity contribution is 4.94. The van der Waals surface area contributed by atoms with Gasteiger partial charge in [-0.05, 0) is 39.0 Å². The Hall–Kier alpha value is -0.340. The molecule has 0 aromatic rings. The minimum absolute atomic E-state index is 0.124. The maximum atomic E-state index is 5.63. The van der Waals surface area contributed by atoms with Crippen LogP contribution in [-0.2, 0) is 4.74 Å². The molecule has 0 spiro atoms. The zero-order chi connectivity index (χ0) is 13.4. The predicted octanol–water partition coefficient (Wildman–Crippen LogP) is 3.77. The van der Waals surface area contributed by atoms with Crippen LogP contribution in [0.3, 0.4) is 0 Å². The average molecular weight is 241 g/mol. The molecule has 0 radical (unpaired) electrons. The normalized spacial score (nSPS) is 15.6. The van der Waals surface area contributed by atoms with E-state index in [0.717, 1.165) is 32.6 Å². The van der Waals surface area contributed by atoms with E-state index in [0.29, 0.717) is 0 Å². The van der Waals surface area contributed by atoms with E-state index < -0.39 is 0 Å². The van der Waals surface area contributed by atoms with Crippen LogP contribution < -0.4 is 5.32 Å². The molecule has 0 saturated carbocycles. The lowest BCUT2D eigenvalue weighted by molar-refractivity contribution is 0.106. The second-order valence-corrected chi connectivity index (χ2v) is 6.18. The number of ether oxygens (including phenoxy) is 1. The lowest BCUT2D eigenvalue weighted by Crippen LogP contribution is -2.42. The first-order valence-corrected chi connectivity index (χ1v) is 6.79. The van der Waals surface area contributed by atoms with Crippen LogP contribution >= 0.6 is 0 Å². The Bertz CT molecular complexity index is 207. The minimum atomic E-state index is 0.124. The third-order valence-corrected chi connectivity index (χ3v) is 2.98. The van der Waals surface area contributed by atoms with Crippen molar-refractivity contribution in [3.8, 4) is 0 Å². The fraction of sp³-hybridized carbons (Fsp3) is 0.867. The van der Waals surface area contributed by atoms with E-state index in [1.165, 1.54) is 6.42 Å². The summed E-state index contributed by atoms with van der Waals surface area (Å²) in [5, 5.41) is 3.54. The monoisotopic (exact) mass is 241 g/mol. The van der Waals surface area contributed by atoms with E-state index in [2.05, 4.69) is 52.6 Å². The minimum Gasteiger partial charge on any atom is -0.381 e. The highest BCUT2D eigenvalue weighted by Gasteiger charge is 2.22. The third kappa shape index (κ3) is 9.37. The molecule has 0 aliphatic carbocycles. The molecular weight excluding hydrogens is 210 g/mol. The van der Waals surface area contributed by atoms with Crippen LogP contribution in [0.4, 0.5) is 0 Å². The molecular formula is C15H31NO. The Morgan fingerprint density at radius 3 is 2.29 bits per heavy atom. The molecule has 1 N–H and O–H groups in total. The molecule has 0 amide bonds. The van der Waals surface area contributed by atoms with E-state index in [-0.39, 0.29) is 11.0 Å². The summed E-state index contributed by atoms with van der Waals surface area (Å²) in [6.07, 6.45) is 5.44. The van der Waals surface area contributed by atoms with Gasteiger partial charge in [0.1, 0.15) is 0 Å². The highest BCUT2D eigenvalue weighted by atomic mass is 16.5. The van der Waals surface area contributed by atoms with Gasteiger partial charge in [-0.25, -0.2) is 0 Å². The predicted molar refractivity (Wildman–Crippen MR) is 76.4 cm³/mol. The van der Waals surface area contributed by atoms with E-state index in [4.69, 9.17) is 4.74 Å². The van der Waals surface area contributed by atoms with Crippen molar-refractivity contribution in [1.29, 1.82) is 0 Å². The molecule has 2 heteroatoms. The number of unbranched alkanes of at least 4 members (excludes halogenated alkanes) is 1. The first-order valence-electron chi connectivity index (χ1n) is 6.79. The van der Waals surface area contributed by atoms with Crippen LogP contribution in [0.5, 0.6) is 0 Å². The van der Waals surface area contributed by atoms with Gasteiger partial charge < -0.3 is 10.1 Å². The van der Waals surface area contributed by atoms with Gasteiger partial charge in [0.05, 0.1) is 0 Å². The third-order valence-electron chi connectivity index (χ3n) is 2.98. The molecule has 17 heavy (non-hydrogen) atoms. The molecule has 0 saturated heterocycles. The van der Waals surface area contributed by atoms with E-state index >= 15 is 0 Å². The van der Waals surface area contributed by atoms with Crippen LogP contribution in [0.25, 0.3) is 0 Å². The fourth-order valence-corrected chi connectivity index (χ4v) is 1.38. The molecule has 0 fully saturated rings. The highest BCUT2D eigenvalue weighted by Crippen LogP contribution is 2.22. The summed E-state index contributed by atoms with van der Waals surface area (Å²) in [6.45, 7) is 17.6. The number of hydrogen-bond acceptors (Lipinski definition) is 2. The van der Waals surface area contributed by atoms with Crippen molar-refractivity contribution in [2.24, 2.45) is 5.41 Å². The van der Waals surface area contributed by atoms with Crippen LogP contribution in [0.15, 0.2) is 12.7 Å². The Labute approximate surface area is 108 Å². The summed E-state index contributed by atoms with van der Waals surface area (Å²) in [6, 6.07) is 0. The van der Waals surface area contributed by atoms with Gasteiger partial charge in [0.2, 0.25) is 0 Å². The summed E-state index contributed by atoms with van der Waals surface area (Å²) >= 11 is 0. The fourth-order valence-electron chi connectivity index (χ4n) is 1.38. The Morgan fingerprint density at radius 1 is 1.18 bits per heavy atom. The van der Waals surface area contributed by atoms with Crippen molar-refractivity contribution in [1.82, 2.24) is 5.32 Å². The smallest absolute Gasteiger partial charge is 0.0474 e. The molecule has 1 unspecified atom stereocenters. The lowest BCUT2D eigenvalue weighted by Gasteiger charge is -2.31. The Kier molecular flexibility index (Phi) is 7.73. The molecule has 0 aromatic heterocycles. The van der Waals surface area contributed by atoms with Crippen molar-refractivity contribution < 1.29 is 4.74 Å². The Morgan fingerprint density at radius 2 is 1.82 bits per heavy atom. The molecule has 0 bridgehead atoms. The molecule has 2 nitrogen and oxygen atoms in total. The SMILES string of the molecule is C=CC(C)(CCOCCCC)CNC(C)(C)C. The van der Waals surface area contributed by atoms with Crippen LogP contribution in [0, 0.1) is 5.41 Å². The summed E-state index contributed by atoms with van der Waals surface area (Å²) in [5.41, 5.74) is 0.285. The summed E-state index contributed by atoms with van der Waals surface area (Å²) in [5.74, 6) is 0. The van der Waals surface area contributed by atoms with Gasteiger partial charge in [-0.2, -0.15) is 0 Å². The molecule has 0 heterocycles. The number of rotatable bonds is 9. The molecule has 1 atom stereocenters. The second-order valence-electron chi connectivity index (χ2n) is 6.18. The lowest BCUT2D eigenvalue weighted by atomic mass is 9.86. The van der Waals surface area contributed by atoms with Crippen molar-refractivity contribution in [2.75, 3.05) is 19.8 Å². The quantitative estimate of drug-likeness (QED) is 0.490. The van der Waals surface area contributed by atoms with Crippen LogP contribution in [0.1, 0.15) is 53.9 Å². The summed E-state index contributed by atoms with van der Waals surface area (Å²) < 4.78 is 5.63. The second kappa shape index (κ2) is 7.88. The molecule has 0 aliphatic heterocycles. The molecule has 0 aromatic carbocycles. The maximum Gasteiger partial charge on any atom is 0.0474 e. The van der Waals surface area contributed by atoms with E-state index in [9.17, 15) is 0 Å². The topological polar surface area (TPSA) is 21.3 Å². The maximum absolute atomic E-state index is 5.63.